The van der Waals surface area contributed by atoms with E-state index >= 15 is 0 Å². The molecule has 2 heterocycles. The third-order valence-electron chi connectivity index (χ3n) is 4.18. The fourth-order valence-corrected chi connectivity index (χ4v) is 4.27. The first-order valence-corrected chi connectivity index (χ1v) is 7.82. The lowest BCUT2D eigenvalue weighted by atomic mass is 10.1. The van der Waals surface area contributed by atoms with Gasteiger partial charge in [-0.3, -0.25) is 4.79 Å². The second-order valence-corrected chi connectivity index (χ2v) is 6.70. The molecule has 0 spiro atoms. The summed E-state index contributed by atoms with van der Waals surface area (Å²) in [5.74, 6) is 0.183. The summed E-state index contributed by atoms with van der Waals surface area (Å²) < 4.78 is 0. The van der Waals surface area contributed by atoms with Gasteiger partial charge in [0.25, 0.3) is 5.91 Å². The molecule has 1 aromatic heterocycles. The number of piperazine rings is 1. The third kappa shape index (κ3) is 2.42. The van der Waals surface area contributed by atoms with E-state index in [1.165, 1.54) is 16.9 Å². The second kappa shape index (κ2) is 5.23. The van der Waals surface area contributed by atoms with E-state index in [9.17, 15) is 4.79 Å². The first kappa shape index (κ1) is 13.1. The van der Waals surface area contributed by atoms with Gasteiger partial charge in [-0.25, -0.2) is 0 Å². The molecule has 0 bridgehead atoms. The smallest absolute Gasteiger partial charge is 0.264 e. The average Bonchev–Trinajstić information content (AvgIpc) is 2.98. The van der Waals surface area contributed by atoms with Crippen LogP contribution in [0.4, 0.5) is 0 Å². The molecule has 0 radical (unpaired) electrons. The SMILES string of the molecule is CN1CCN(C(=O)c2cc3c(s2)CCC3)C(CN)C1. The zero-order valence-corrected chi connectivity index (χ0v) is 12.2. The number of hydrogen-bond acceptors (Lipinski definition) is 4. The van der Waals surface area contributed by atoms with Crippen LogP contribution in [0.2, 0.25) is 0 Å². The monoisotopic (exact) mass is 279 g/mol. The number of likely N-dealkylation sites (N-methyl/N-ethyl adjacent to an activating group) is 1. The molecule has 2 N–H and O–H groups in total. The Morgan fingerprint density at radius 1 is 1.47 bits per heavy atom. The van der Waals surface area contributed by atoms with E-state index in [1.807, 2.05) is 4.90 Å². The van der Waals surface area contributed by atoms with Gasteiger partial charge in [0.1, 0.15) is 0 Å². The van der Waals surface area contributed by atoms with Crippen LogP contribution in [0.15, 0.2) is 6.07 Å². The van der Waals surface area contributed by atoms with Crippen LogP contribution < -0.4 is 5.73 Å². The molecule has 104 valence electrons. The summed E-state index contributed by atoms with van der Waals surface area (Å²) in [4.78, 5) is 19.2. The number of carbonyl (C=O) groups is 1. The molecule has 1 aliphatic carbocycles. The van der Waals surface area contributed by atoms with Crippen molar-refractivity contribution >= 4 is 17.2 Å². The van der Waals surface area contributed by atoms with Gasteiger partial charge >= 0.3 is 0 Å². The summed E-state index contributed by atoms with van der Waals surface area (Å²) in [6, 6.07) is 2.27. The van der Waals surface area contributed by atoms with Crippen molar-refractivity contribution in [2.24, 2.45) is 5.73 Å². The van der Waals surface area contributed by atoms with E-state index in [4.69, 9.17) is 5.73 Å². The topological polar surface area (TPSA) is 49.6 Å². The molecule has 0 aromatic carbocycles. The Bertz CT molecular complexity index is 464. The number of nitrogens with zero attached hydrogens (tertiary/aromatic N) is 2. The van der Waals surface area contributed by atoms with Crippen molar-refractivity contribution in [1.29, 1.82) is 0 Å². The first-order valence-electron chi connectivity index (χ1n) is 7.00. The maximum atomic E-state index is 12.6. The number of carbonyl (C=O) groups excluding carboxylic acids is 1. The van der Waals surface area contributed by atoms with Crippen LogP contribution in [0.5, 0.6) is 0 Å². The number of nitrogens with two attached hydrogens (primary N) is 1. The normalized spacial score (nSPS) is 23.7. The van der Waals surface area contributed by atoms with Gasteiger partial charge in [-0.2, -0.15) is 0 Å². The highest BCUT2D eigenvalue weighted by Crippen LogP contribution is 2.31. The Kier molecular flexibility index (Phi) is 3.60. The molecule has 1 atom stereocenters. The minimum atomic E-state index is 0.156. The third-order valence-corrected chi connectivity index (χ3v) is 5.40. The second-order valence-electron chi connectivity index (χ2n) is 5.56. The van der Waals surface area contributed by atoms with Crippen molar-refractivity contribution in [3.63, 3.8) is 0 Å². The summed E-state index contributed by atoms with van der Waals surface area (Å²) in [6.45, 7) is 3.15. The summed E-state index contributed by atoms with van der Waals surface area (Å²) in [6.07, 6.45) is 3.54. The minimum Gasteiger partial charge on any atom is -0.331 e. The summed E-state index contributed by atoms with van der Waals surface area (Å²) in [5, 5.41) is 0. The van der Waals surface area contributed by atoms with Gasteiger partial charge < -0.3 is 15.5 Å². The highest BCUT2D eigenvalue weighted by molar-refractivity contribution is 7.14. The van der Waals surface area contributed by atoms with Gasteiger partial charge in [-0.15, -0.1) is 11.3 Å². The van der Waals surface area contributed by atoms with Crippen molar-refractivity contribution in [2.45, 2.75) is 25.3 Å². The number of rotatable bonds is 2. The Balaban J connectivity index is 1.78. The number of amides is 1. The molecular weight excluding hydrogens is 258 g/mol. The van der Waals surface area contributed by atoms with E-state index in [-0.39, 0.29) is 11.9 Å². The predicted molar refractivity (Wildman–Crippen MR) is 77.7 cm³/mol. The Hall–Kier alpha value is -0.910. The molecule has 0 saturated carbocycles. The fourth-order valence-electron chi connectivity index (χ4n) is 3.06. The minimum absolute atomic E-state index is 0.156. The lowest BCUT2D eigenvalue weighted by molar-refractivity contribution is 0.0520. The molecule has 1 fully saturated rings. The first-order chi connectivity index (χ1) is 9.19. The Morgan fingerprint density at radius 3 is 3.05 bits per heavy atom. The van der Waals surface area contributed by atoms with Crippen LogP contribution >= 0.6 is 11.3 Å². The van der Waals surface area contributed by atoms with Gasteiger partial charge in [0.05, 0.1) is 10.9 Å². The van der Waals surface area contributed by atoms with Gasteiger partial charge in [-0.1, -0.05) is 0 Å². The van der Waals surface area contributed by atoms with Gasteiger partial charge in [0, 0.05) is 31.1 Å². The average molecular weight is 279 g/mol. The van der Waals surface area contributed by atoms with Crippen molar-refractivity contribution in [2.75, 3.05) is 33.2 Å². The molecule has 1 saturated heterocycles. The molecule has 4 nitrogen and oxygen atoms in total. The zero-order chi connectivity index (χ0) is 13.4. The van der Waals surface area contributed by atoms with E-state index in [2.05, 4.69) is 18.0 Å². The lowest BCUT2D eigenvalue weighted by Crippen LogP contribution is -2.56. The molecule has 2 aliphatic rings. The largest absolute Gasteiger partial charge is 0.331 e. The molecule has 1 unspecified atom stereocenters. The van der Waals surface area contributed by atoms with Crippen molar-refractivity contribution < 1.29 is 4.79 Å². The highest BCUT2D eigenvalue weighted by atomic mass is 32.1. The van der Waals surface area contributed by atoms with Gasteiger partial charge in [-0.05, 0) is 37.9 Å². The van der Waals surface area contributed by atoms with E-state index < -0.39 is 0 Å². The van der Waals surface area contributed by atoms with Crippen LogP contribution in [0.25, 0.3) is 0 Å². The Morgan fingerprint density at radius 2 is 2.32 bits per heavy atom. The number of fused-ring (bicyclic) bond motifs is 1. The Labute approximate surface area is 118 Å². The van der Waals surface area contributed by atoms with Crippen LogP contribution in [-0.4, -0.2) is 55.0 Å². The molecule has 5 heteroatoms. The highest BCUT2D eigenvalue weighted by Gasteiger charge is 2.30. The molecule has 1 aliphatic heterocycles. The predicted octanol–water partition coefficient (Wildman–Crippen LogP) is 0.952. The maximum absolute atomic E-state index is 12.6. The van der Waals surface area contributed by atoms with Gasteiger partial charge in [0.2, 0.25) is 0 Å². The fraction of sp³-hybridized carbons (Fsp3) is 0.643. The molecule has 19 heavy (non-hydrogen) atoms. The van der Waals surface area contributed by atoms with E-state index in [0.29, 0.717) is 6.54 Å². The van der Waals surface area contributed by atoms with Crippen molar-refractivity contribution in [3.8, 4) is 0 Å². The van der Waals surface area contributed by atoms with Crippen molar-refractivity contribution in [1.82, 2.24) is 9.80 Å². The van der Waals surface area contributed by atoms with Crippen LogP contribution in [-0.2, 0) is 12.8 Å². The van der Waals surface area contributed by atoms with Crippen LogP contribution in [0, 0.1) is 0 Å². The summed E-state index contributed by atoms with van der Waals surface area (Å²) >= 11 is 1.69. The molecular formula is C14H21N3OS. The van der Waals surface area contributed by atoms with Crippen LogP contribution in [0.3, 0.4) is 0 Å². The van der Waals surface area contributed by atoms with E-state index in [1.54, 1.807) is 11.3 Å². The summed E-state index contributed by atoms with van der Waals surface area (Å²) in [7, 11) is 2.09. The van der Waals surface area contributed by atoms with Gasteiger partial charge in [0.15, 0.2) is 0 Å². The molecule has 3 rings (SSSR count). The van der Waals surface area contributed by atoms with Crippen molar-refractivity contribution in [3.05, 3.63) is 21.4 Å². The number of thiophene rings is 1. The summed E-state index contributed by atoms with van der Waals surface area (Å²) in [5.41, 5.74) is 7.22. The lowest BCUT2D eigenvalue weighted by Gasteiger charge is -2.39. The number of aryl methyl sites for hydroxylation is 2. The van der Waals surface area contributed by atoms with E-state index in [0.717, 1.165) is 37.4 Å². The standard InChI is InChI=1S/C14H21N3OS/c1-16-5-6-17(11(8-15)9-16)14(18)13-7-10-3-2-4-12(10)19-13/h7,11H,2-6,8-9,15H2,1H3. The van der Waals surface area contributed by atoms with Crippen LogP contribution in [0.1, 0.15) is 26.5 Å². The quantitative estimate of drug-likeness (QED) is 0.877. The molecule has 1 aromatic rings. The molecule has 1 amide bonds. The number of hydrogen-bond donors (Lipinski definition) is 1. The maximum Gasteiger partial charge on any atom is 0.264 e. The zero-order valence-electron chi connectivity index (χ0n) is 11.4.